The molecule has 6 heteroatoms. The molecule has 1 aromatic rings. The number of rotatable bonds is 8. The molecule has 0 amide bonds. The van der Waals surface area contributed by atoms with Gasteiger partial charge in [0, 0.05) is 26.3 Å². The third-order valence-corrected chi connectivity index (χ3v) is 2.73. The highest BCUT2D eigenvalue weighted by atomic mass is 16.5. The Hall–Kier alpha value is -1.40. The van der Waals surface area contributed by atoms with Crippen molar-refractivity contribution in [3.63, 3.8) is 0 Å². The van der Waals surface area contributed by atoms with Crippen LogP contribution < -0.4 is 10.6 Å². The minimum absolute atomic E-state index is 0.209. The maximum absolute atomic E-state index is 9.78. The fourth-order valence-electron chi connectivity index (χ4n) is 1.42. The van der Waals surface area contributed by atoms with Crippen LogP contribution in [0.25, 0.3) is 0 Å². The zero-order chi connectivity index (χ0) is 14.3. The van der Waals surface area contributed by atoms with Crippen molar-refractivity contribution in [2.45, 2.75) is 33.5 Å². The number of hydrogen-bond acceptors (Lipinski definition) is 6. The van der Waals surface area contributed by atoms with Crippen LogP contribution in [-0.4, -0.2) is 41.4 Å². The lowest BCUT2D eigenvalue weighted by atomic mass is 10.1. The van der Waals surface area contributed by atoms with Crippen LogP contribution in [0.3, 0.4) is 0 Å². The van der Waals surface area contributed by atoms with Crippen molar-refractivity contribution in [2.24, 2.45) is 5.92 Å². The molecule has 0 radical (unpaired) electrons. The summed E-state index contributed by atoms with van der Waals surface area (Å²) in [6.07, 6.45) is -0.400. The van der Waals surface area contributed by atoms with Gasteiger partial charge in [-0.25, -0.2) is 9.97 Å². The Balaban J connectivity index is 2.70. The number of hydrogen-bond donors (Lipinski definition) is 3. The standard InChI is InChI=1S/C13H24N4O2/c1-5-19-8-13-16-11(14-4)6-12(17-13)15-7-10(18)9(2)3/h6,9-10,18H,5,7-8H2,1-4H3,(H2,14,15,16,17). The molecule has 1 rings (SSSR count). The van der Waals surface area contributed by atoms with E-state index in [2.05, 4.69) is 20.6 Å². The molecule has 3 N–H and O–H groups in total. The number of nitrogens with one attached hydrogen (secondary N) is 2. The number of aromatic nitrogens is 2. The van der Waals surface area contributed by atoms with Crippen molar-refractivity contribution < 1.29 is 9.84 Å². The summed E-state index contributed by atoms with van der Waals surface area (Å²) in [6, 6.07) is 1.81. The molecule has 19 heavy (non-hydrogen) atoms. The molecule has 0 saturated carbocycles. The normalized spacial score (nSPS) is 12.5. The molecule has 0 bridgehead atoms. The molecule has 0 spiro atoms. The van der Waals surface area contributed by atoms with Gasteiger partial charge in [-0.2, -0.15) is 0 Å². The summed E-state index contributed by atoms with van der Waals surface area (Å²) in [7, 11) is 1.81. The molecule has 1 heterocycles. The van der Waals surface area contributed by atoms with Gasteiger partial charge in [0.05, 0.1) is 6.10 Å². The van der Waals surface area contributed by atoms with Crippen molar-refractivity contribution in [3.05, 3.63) is 11.9 Å². The molecule has 1 aromatic heterocycles. The lowest BCUT2D eigenvalue weighted by Crippen LogP contribution is -2.25. The minimum Gasteiger partial charge on any atom is -0.391 e. The average Bonchev–Trinajstić information content (AvgIpc) is 2.42. The summed E-state index contributed by atoms with van der Waals surface area (Å²) < 4.78 is 5.31. The first-order valence-electron chi connectivity index (χ1n) is 6.62. The smallest absolute Gasteiger partial charge is 0.158 e. The van der Waals surface area contributed by atoms with Crippen LogP contribution in [0.1, 0.15) is 26.6 Å². The van der Waals surface area contributed by atoms with E-state index < -0.39 is 6.10 Å². The molecule has 0 aliphatic carbocycles. The van der Waals surface area contributed by atoms with Gasteiger partial charge in [-0.3, -0.25) is 0 Å². The van der Waals surface area contributed by atoms with E-state index >= 15 is 0 Å². The zero-order valence-corrected chi connectivity index (χ0v) is 12.1. The molecule has 0 aromatic carbocycles. The summed E-state index contributed by atoms with van der Waals surface area (Å²) in [5.74, 6) is 2.25. The van der Waals surface area contributed by atoms with Crippen molar-refractivity contribution in [1.82, 2.24) is 9.97 Å². The molecule has 0 aliphatic heterocycles. The lowest BCUT2D eigenvalue weighted by molar-refractivity contribution is 0.128. The van der Waals surface area contributed by atoms with Crippen molar-refractivity contribution in [1.29, 1.82) is 0 Å². The molecule has 1 atom stereocenters. The van der Waals surface area contributed by atoms with Gasteiger partial charge < -0.3 is 20.5 Å². The maximum Gasteiger partial charge on any atom is 0.158 e. The predicted molar refractivity (Wildman–Crippen MR) is 76.2 cm³/mol. The van der Waals surface area contributed by atoms with E-state index in [-0.39, 0.29) is 5.92 Å². The van der Waals surface area contributed by atoms with E-state index in [1.54, 1.807) is 7.05 Å². The van der Waals surface area contributed by atoms with E-state index in [0.29, 0.717) is 31.4 Å². The summed E-state index contributed by atoms with van der Waals surface area (Å²) in [5, 5.41) is 15.9. The Morgan fingerprint density at radius 2 is 2.00 bits per heavy atom. The van der Waals surface area contributed by atoms with Gasteiger partial charge in [0.15, 0.2) is 5.82 Å². The Morgan fingerprint density at radius 1 is 1.32 bits per heavy atom. The first-order valence-corrected chi connectivity index (χ1v) is 6.62. The van der Waals surface area contributed by atoms with Crippen molar-refractivity contribution >= 4 is 11.6 Å². The number of anilines is 2. The van der Waals surface area contributed by atoms with E-state index in [1.165, 1.54) is 0 Å². The number of aliphatic hydroxyl groups excluding tert-OH is 1. The van der Waals surface area contributed by atoms with Crippen LogP contribution in [0.5, 0.6) is 0 Å². The van der Waals surface area contributed by atoms with Crippen molar-refractivity contribution in [3.8, 4) is 0 Å². The minimum atomic E-state index is -0.400. The van der Waals surface area contributed by atoms with Crippen LogP contribution in [-0.2, 0) is 11.3 Å². The molecule has 108 valence electrons. The van der Waals surface area contributed by atoms with Crippen LogP contribution in [0.4, 0.5) is 11.6 Å². The largest absolute Gasteiger partial charge is 0.391 e. The van der Waals surface area contributed by atoms with Gasteiger partial charge in [0.2, 0.25) is 0 Å². The van der Waals surface area contributed by atoms with E-state index in [1.807, 2.05) is 26.8 Å². The fraction of sp³-hybridized carbons (Fsp3) is 0.692. The topological polar surface area (TPSA) is 79.3 Å². The number of aliphatic hydroxyl groups is 1. The van der Waals surface area contributed by atoms with Crippen LogP contribution in [0, 0.1) is 5.92 Å². The SMILES string of the molecule is CCOCc1nc(NC)cc(NCC(O)C(C)C)n1. The fourth-order valence-corrected chi connectivity index (χ4v) is 1.42. The highest BCUT2D eigenvalue weighted by Gasteiger charge is 2.10. The first-order chi connectivity index (χ1) is 9.06. The third-order valence-electron chi connectivity index (χ3n) is 2.73. The van der Waals surface area contributed by atoms with E-state index in [4.69, 9.17) is 4.74 Å². The second-order valence-electron chi connectivity index (χ2n) is 4.63. The third kappa shape index (κ3) is 5.40. The Morgan fingerprint density at radius 3 is 2.58 bits per heavy atom. The monoisotopic (exact) mass is 268 g/mol. The molecule has 0 aliphatic rings. The second kappa shape index (κ2) is 7.91. The maximum atomic E-state index is 9.78. The summed E-state index contributed by atoms with van der Waals surface area (Å²) in [5.41, 5.74) is 0. The first kappa shape index (κ1) is 15.7. The van der Waals surface area contributed by atoms with Gasteiger partial charge >= 0.3 is 0 Å². The Bertz CT molecular complexity index is 385. The number of ether oxygens (including phenoxy) is 1. The van der Waals surface area contributed by atoms with Gasteiger partial charge in [-0.15, -0.1) is 0 Å². The average molecular weight is 268 g/mol. The highest BCUT2D eigenvalue weighted by Crippen LogP contribution is 2.12. The summed E-state index contributed by atoms with van der Waals surface area (Å²) >= 11 is 0. The quantitative estimate of drug-likeness (QED) is 0.663. The van der Waals surface area contributed by atoms with E-state index in [0.717, 1.165) is 5.82 Å². The summed E-state index contributed by atoms with van der Waals surface area (Å²) in [6.45, 7) is 7.36. The van der Waals surface area contributed by atoms with Gasteiger partial charge in [-0.05, 0) is 12.8 Å². The number of nitrogens with zero attached hydrogens (tertiary/aromatic N) is 2. The van der Waals surface area contributed by atoms with Crippen molar-refractivity contribution in [2.75, 3.05) is 30.8 Å². The molecule has 0 saturated heterocycles. The van der Waals surface area contributed by atoms with Crippen LogP contribution >= 0.6 is 0 Å². The lowest BCUT2D eigenvalue weighted by Gasteiger charge is -2.16. The van der Waals surface area contributed by atoms with Crippen LogP contribution in [0.15, 0.2) is 6.07 Å². The molecule has 0 fully saturated rings. The Labute approximate surface area is 114 Å². The molecule has 1 unspecified atom stereocenters. The molecular formula is C13H24N4O2. The van der Waals surface area contributed by atoms with E-state index in [9.17, 15) is 5.11 Å². The van der Waals surface area contributed by atoms with Gasteiger partial charge in [0.25, 0.3) is 0 Å². The second-order valence-corrected chi connectivity index (χ2v) is 4.63. The Kier molecular flexibility index (Phi) is 6.52. The molecule has 6 nitrogen and oxygen atoms in total. The zero-order valence-electron chi connectivity index (χ0n) is 12.1. The summed E-state index contributed by atoms with van der Waals surface area (Å²) in [4.78, 5) is 8.65. The molecular weight excluding hydrogens is 244 g/mol. The van der Waals surface area contributed by atoms with Crippen LogP contribution in [0.2, 0.25) is 0 Å². The highest BCUT2D eigenvalue weighted by molar-refractivity contribution is 5.47. The predicted octanol–water partition coefficient (Wildman–Crippen LogP) is 1.48. The van der Waals surface area contributed by atoms with Gasteiger partial charge in [-0.1, -0.05) is 13.8 Å². The van der Waals surface area contributed by atoms with Gasteiger partial charge in [0.1, 0.15) is 18.2 Å².